The molecule has 0 spiro atoms. The fourth-order valence-electron chi connectivity index (χ4n) is 4.33. The van der Waals surface area contributed by atoms with Crippen LogP contribution < -0.4 is 5.56 Å². The number of imidazole rings is 1. The van der Waals surface area contributed by atoms with Gasteiger partial charge in [0, 0.05) is 17.8 Å². The van der Waals surface area contributed by atoms with Crippen molar-refractivity contribution in [1.29, 1.82) is 0 Å². The minimum absolute atomic E-state index is 0.429. The van der Waals surface area contributed by atoms with E-state index in [0.717, 1.165) is 50.5 Å². The standard InChI is InChI=1S/C19H24N4O4/c1-2-23-12-7-5-6-11-15(21-18(25)14(17(11)24)19(26)27)16(12)20-13(23)10-22-8-3-4-9-22/h2-10H2,1H3,(H,26,27)(H2,21,24,25). The highest BCUT2D eigenvalue weighted by Gasteiger charge is 2.29. The van der Waals surface area contributed by atoms with E-state index >= 15 is 0 Å². The monoisotopic (exact) mass is 372 g/mol. The molecule has 0 amide bonds. The molecular weight excluding hydrogens is 348 g/mol. The zero-order valence-electron chi connectivity index (χ0n) is 15.4. The number of aromatic carboxylic acids is 1. The van der Waals surface area contributed by atoms with Gasteiger partial charge in [-0.25, -0.2) is 9.78 Å². The van der Waals surface area contributed by atoms with Crippen LogP contribution in [0.1, 0.15) is 53.6 Å². The van der Waals surface area contributed by atoms with Crippen molar-refractivity contribution in [2.45, 2.75) is 52.1 Å². The summed E-state index contributed by atoms with van der Waals surface area (Å²) in [6.07, 6.45) is 4.44. The van der Waals surface area contributed by atoms with Crippen LogP contribution in [0.4, 0.5) is 0 Å². The number of carboxylic acid groups (broad SMARTS) is 1. The molecule has 0 atom stereocenters. The molecule has 0 bridgehead atoms. The average Bonchev–Trinajstić information content (AvgIpc) is 3.20. The molecular formula is C19H24N4O4. The minimum Gasteiger partial charge on any atom is -0.506 e. The number of aromatic hydroxyl groups is 1. The summed E-state index contributed by atoms with van der Waals surface area (Å²) in [5.41, 5.74) is 1.26. The Morgan fingerprint density at radius 2 is 1.96 bits per heavy atom. The SMILES string of the molecule is CCn1c(CN2CCCC2)nc2c1CCCc1c-2[nH]c(=O)c(C(=O)O)c1O. The molecule has 0 aromatic carbocycles. The van der Waals surface area contributed by atoms with Gasteiger partial charge in [0.15, 0.2) is 5.56 Å². The lowest BCUT2D eigenvalue weighted by Crippen LogP contribution is -2.21. The molecule has 3 heterocycles. The number of nitrogens with zero attached hydrogens (tertiary/aromatic N) is 3. The first-order valence-electron chi connectivity index (χ1n) is 9.53. The van der Waals surface area contributed by atoms with Crippen LogP contribution in [-0.4, -0.2) is 48.7 Å². The van der Waals surface area contributed by atoms with Gasteiger partial charge >= 0.3 is 5.97 Å². The number of carbonyl (C=O) groups is 1. The number of H-pyrrole nitrogens is 1. The van der Waals surface area contributed by atoms with Gasteiger partial charge in [0.2, 0.25) is 0 Å². The van der Waals surface area contributed by atoms with E-state index in [-0.39, 0.29) is 0 Å². The molecule has 1 aliphatic carbocycles. The van der Waals surface area contributed by atoms with E-state index in [2.05, 4.69) is 21.4 Å². The number of nitrogens with one attached hydrogen (secondary N) is 1. The maximum absolute atomic E-state index is 12.3. The van der Waals surface area contributed by atoms with Crippen LogP contribution in [-0.2, 0) is 25.9 Å². The van der Waals surface area contributed by atoms with Crippen LogP contribution in [0.25, 0.3) is 11.4 Å². The number of aromatic amines is 1. The number of carboxylic acids is 1. The number of hydrogen-bond acceptors (Lipinski definition) is 5. The van der Waals surface area contributed by atoms with Crippen molar-refractivity contribution in [3.63, 3.8) is 0 Å². The van der Waals surface area contributed by atoms with Crippen molar-refractivity contribution in [2.24, 2.45) is 0 Å². The largest absolute Gasteiger partial charge is 0.506 e. The first-order chi connectivity index (χ1) is 13.0. The molecule has 4 rings (SSSR count). The lowest BCUT2D eigenvalue weighted by atomic mass is 10.0. The van der Waals surface area contributed by atoms with Gasteiger partial charge in [-0.3, -0.25) is 9.69 Å². The number of likely N-dealkylation sites (tertiary alicyclic amines) is 1. The van der Waals surface area contributed by atoms with Crippen LogP contribution in [0, 0.1) is 0 Å². The summed E-state index contributed by atoms with van der Waals surface area (Å²) in [7, 11) is 0. The van der Waals surface area contributed by atoms with Gasteiger partial charge in [-0.15, -0.1) is 0 Å². The Labute approximate surface area is 156 Å². The quantitative estimate of drug-likeness (QED) is 0.754. The van der Waals surface area contributed by atoms with Crippen molar-refractivity contribution < 1.29 is 15.0 Å². The van der Waals surface area contributed by atoms with Gasteiger partial charge in [-0.1, -0.05) is 0 Å². The van der Waals surface area contributed by atoms with Crippen LogP contribution in [0.15, 0.2) is 4.79 Å². The van der Waals surface area contributed by atoms with E-state index in [1.165, 1.54) is 12.8 Å². The lowest BCUT2D eigenvalue weighted by molar-refractivity contribution is 0.0691. The van der Waals surface area contributed by atoms with Crippen molar-refractivity contribution in [1.82, 2.24) is 19.4 Å². The van der Waals surface area contributed by atoms with Gasteiger partial charge in [-0.05, 0) is 52.1 Å². The molecule has 0 radical (unpaired) electrons. The third-order valence-corrected chi connectivity index (χ3v) is 5.61. The Bertz CT molecular complexity index is 954. The molecule has 2 aromatic heterocycles. The Kier molecular flexibility index (Phi) is 4.51. The smallest absolute Gasteiger partial charge is 0.345 e. The van der Waals surface area contributed by atoms with E-state index in [1.807, 2.05) is 0 Å². The summed E-state index contributed by atoms with van der Waals surface area (Å²) in [5.74, 6) is -0.893. The molecule has 8 heteroatoms. The maximum Gasteiger partial charge on any atom is 0.345 e. The van der Waals surface area contributed by atoms with E-state index in [0.29, 0.717) is 23.4 Å². The number of pyridine rings is 1. The van der Waals surface area contributed by atoms with E-state index in [4.69, 9.17) is 4.98 Å². The minimum atomic E-state index is -1.42. The molecule has 0 saturated carbocycles. The first kappa shape index (κ1) is 17.8. The van der Waals surface area contributed by atoms with Crippen LogP contribution >= 0.6 is 0 Å². The van der Waals surface area contributed by atoms with Gasteiger partial charge in [-0.2, -0.15) is 0 Å². The van der Waals surface area contributed by atoms with Gasteiger partial charge < -0.3 is 19.8 Å². The Hall–Kier alpha value is -2.61. The molecule has 2 aromatic rings. The van der Waals surface area contributed by atoms with Crippen molar-refractivity contribution >= 4 is 5.97 Å². The second-order valence-electron chi connectivity index (χ2n) is 7.24. The lowest BCUT2D eigenvalue weighted by Gasteiger charge is -2.16. The highest BCUT2D eigenvalue weighted by molar-refractivity contribution is 5.91. The average molecular weight is 372 g/mol. The summed E-state index contributed by atoms with van der Waals surface area (Å²) in [6, 6.07) is 0. The molecule has 0 unspecified atom stereocenters. The number of hydrogen-bond donors (Lipinski definition) is 3. The summed E-state index contributed by atoms with van der Waals surface area (Å²) in [4.78, 5) is 33.5. The number of aromatic nitrogens is 3. The molecule has 27 heavy (non-hydrogen) atoms. The highest BCUT2D eigenvalue weighted by atomic mass is 16.4. The molecule has 1 fully saturated rings. The molecule has 1 aliphatic heterocycles. The summed E-state index contributed by atoms with van der Waals surface area (Å²) in [6.45, 7) is 5.76. The third-order valence-electron chi connectivity index (χ3n) is 5.61. The van der Waals surface area contributed by atoms with Crippen LogP contribution in [0.3, 0.4) is 0 Å². The highest BCUT2D eigenvalue weighted by Crippen LogP contribution is 2.36. The van der Waals surface area contributed by atoms with Crippen molar-refractivity contribution in [3.05, 3.63) is 33.0 Å². The summed E-state index contributed by atoms with van der Waals surface area (Å²) >= 11 is 0. The predicted octanol–water partition coefficient (Wildman–Crippen LogP) is 1.75. The zero-order chi connectivity index (χ0) is 19.1. The Balaban J connectivity index is 1.87. The van der Waals surface area contributed by atoms with Crippen molar-refractivity contribution in [2.75, 3.05) is 13.1 Å². The van der Waals surface area contributed by atoms with Crippen molar-refractivity contribution in [3.8, 4) is 17.1 Å². The normalized spacial score (nSPS) is 16.8. The maximum atomic E-state index is 12.3. The van der Waals surface area contributed by atoms with Gasteiger partial charge in [0.05, 0.1) is 12.2 Å². The molecule has 1 saturated heterocycles. The van der Waals surface area contributed by atoms with E-state index in [1.54, 1.807) is 0 Å². The molecule has 8 nitrogen and oxygen atoms in total. The zero-order valence-corrected chi connectivity index (χ0v) is 15.4. The first-order valence-corrected chi connectivity index (χ1v) is 9.53. The molecule has 144 valence electrons. The van der Waals surface area contributed by atoms with Crippen LogP contribution in [0.2, 0.25) is 0 Å². The van der Waals surface area contributed by atoms with Crippen LogP contribution in [0.5, 0.6) is 5.75 Å². The second kappa shape index (κ2) is 6.84. The fraction of sp³-hybridized carbons (Fsp3) is 0.526. The van der Waals surface area contributed by atoms with E-state index in [9.17, 15) is 19.8 Å². The van der Waals surface area contributed by atoms with Gasteiger partial charge in [0.25, 0.3) is 5.56 Å². The van der Waals surface area contributed by atoms with E-state index < -0.39 is 22.8 Å². The number of rotatable bonds is 4. The predicted molar refractivity (Wildman–Crippen MR) is 99.1 cm³/mol. The third kappa shape index (κ3) is 2.93. The second-order valence-corrected chi connectivity index (χ2v) is 7.24. The molecule has 2 aliphatic rings. The van der Waals surface area contributed by atoms with Gasteiger partial charge in [0.1, 0.15) is 17.3 Å². The Morgan fingerprint density at radius 3 is 2.63 bits per heavy atom. The fourth-order valence-corrected chi connectivity index (χ4v) is 4.33. The Morgan fingerprint density at radius 1 is 1.22 bits per heavy atom. The topological polar surface area (TPSA) is 111 Å². The number of fused-ring (bicyclic) bond motifs is 3. The molecule has 3 N–H and O–H groups in total. The summed E-state index contributed by atoms with van der Waals surface area (Å²) in [5, 5.41) is 19.7. The summed E-state index contributed by atoms with van der Waals surface area (Å²) < 4.78 is 2.20.